The van der Waals surface area contributed by atoms with Crippen molar-refractivity contribution in [3.05, 3.63) is 38.9 Å². The van der Waals surface area contributed by atoms with Gasteiger partial charge in [0.2, 0.25) is 0 Å². The number of carbonyl (C=O) groups is 2. The third-order valence-corrected chi connectivity index (χ3v) is 2.90. The third kappa shape index (κ3) is 3.67. The molecule has 0 atom stereocenters. The van der Waals surface area contributed by atoms with E-state index in [9.17, 15) is 19.7 Å². The van der Waals surface area contributed by atoms with Crippen molar-refractivity contribution >= 4 is 29.2 Å². The minimum absolute atomic E-state index is 0.162. The van der Waals surface area contributed by atoms with E-state index in [0.717, 1.165) is 6.07 Å². The van der Waals surface area contributed by atoms with Crippen LogP contribution >= 0.6 is 11.6 Å². The molecule has 1 rings (SSSR count). The summed E-state index contributed by atoms with van der Waals surface area (Å²) in [5.41, 5.74) is -1.77. The number of hydrogen-bond donors (Lipinski definition) is 2. The number of carboxylic acids is 1. The molecule has 0 bridgehead atoms. The average Bonchev–Trinajstić information content (AvgIpc) is 2.35. The number of nitro groups is 1. The van der Waals surface area contributed by atoms with Crippen molar-refractivity contribution in [2.75, 3.05) is 6.54 Å². The van der Waals surface area contributed by atoms with E-state index in [2.05, 4.69) is 5.32 Å². The summed E-state index contributed by atoms with van der Waals surface area (Å²) in [4.78, 5) is 33.0. The molecular weight excluding hydrogens is 288 g/mol. The lowest BCUT2D eigenvalue weighted by Crippen LogP contribution is -2.39. The van der Waals surface area contributed by atoms with Crippen LogP contribution in [0.4, 0.5) is 5.69 Å². The Morgan fingerprint density at radius 1 is 1.45 bits per heavy atom. The number of rotatable bonds is 5. The van der Waals surface area contributed by atoms with Gasteiger partial charge in [0.25, 0.3) is 11.6 Å². The number of halogens is 1. The van der Waals surface area contributed by atoms with Crippen molar-refractivity contribution in [2.24, 2.45) is 5.41 Å². The molecule has 0 unspecified atom stereocenters. The van der Waals surface area contributed by atoms with E-state index in [1.165, 1.54) is 26.0 Å². The van der Waals surface area contributed by atoms with Crippen molar-refractivity contribution in [1.29, 1.82) is 0 Å². The topological polar surface area (TPSA) is 110 Å². The summed E-state index contributed by atoms with van der Waals surface area (Å²) in [6.07, 6.45) is 0. The molecule has 0 aliphatic carbocycles. The fourth-order valence-electron chi connectivity index (χ4n) is 1.32. The number of carboxylic acid groups (broad SMARTS) is 1. The highest BCUT2D eigenvalue weighted by atomic mass is 35.5. The van der Waals surface area contributed by atoms with Crippen LogP contribution in [0.1, 0.15) is 24.2 Å². The van der Waals surface area contributed by atoms with Crippen molar-refractivity contribution in [3.8, 4) is 0 Å². The molecule has 0 saturated carbocycles. The zero-order valence-corrected chi connectivity index (χ0v) is 11.6. The van der Waals surface area contributed by atoms with Crippen LogP contribution in [0.3, 0.4) is 0 Å². The fourth-order valence-corrected chi connectivity index (χ4v) is 1.49. The maximum absolute atomic E-state index is 11.9. The Bertz CT molecular complexity index is 571. The number of nitrogens with zero attached hydrogens (tertiary/aromatic N) is 1. The molecule has 2 N–H and O–H groups in total. The SMILES string of the molecule is CC(C)(CNC(=O)c1cc(Cl)ccc1[N+](=O)[O-])C(=O)O. The van der Waals surface area contributed by atoms with Gasteiger partial charge in [-0.25, -0.2) is 0 Å². The molecule has 7 nitrogen and oxygen atoms in total. The zero-order chi connectivity index (χ0) is 15.5. The maximum atomic E-state index is 11.9. The van der Waals surface area contributed by atoms with Crippen molar-refractivity contribution < 1.29 is 19.6 Å². The molecule has 0 saturated heterocycles. The maximum Gasteiger partial charge on any atom is 0.310 e. The number of carbonyl (C=O) groups excluding carboxylic acids is 1. The van der Waals surface area contributed by atoms with Gasteiger partial charge in [0.05, 0.1) is 10.3 Å². The lowest BCUT2D eigenvalue weighted by atomic mass is 9.94. The van der Waals surface area contributed by atoms with Crippen molar-refractivity contribution in [3.63, 3.8) is 0 Å². The normalized spacial score (nSPS) is 10.9. The standard InChI is InChI=1S/C12H13ClN2O5/c1-12(2,11(17)18)6-14-10(16)8-5-7(13)3-4-9(8)15(19)20/h3-5H,6H2,1-2H3,(H,14,16)(H,17,18). The first-order valence-electron chi connectivity index (χ1n) is 5.60. The number of aliphatic carboxylic acids is 1. The van der Waals surface area contributed by atoms with Gasteiger partial charge < -0.3 is 10.4 Å². The number of hydrogen-bond acceptors (Lipinski definition) is 4. The molecule has 0 fully saturated rings. The smallest absolute Gasteiger partial charge is 0.310 e. The average molecular weight is 301 g/mol. The van der Waals surface area contributed by atoms with Gasteiger partial charge in [-0.15, -0.1) is 0 Å². The van der Waals surface area contributed by atoms with E-state index in [-0.39, 0.29) is 22.8 Å². The van der Waals surface area contributed by atoms with E-state index < -0.39 is 22.2 Å². The first kappa shape index (κ1) is 15.9. The second-order valence-electron chi connectivity index (χ2n) is 4.79. The Morgan fingerprint density at radius 3 is 2.55 bits per heavy atom. The highest BCUT2D eigenvalue weighted by molar-refractivity contribution is 6.31. The van der Waals surface area contributed by atoms with E-state index in [1.54, 1.807) is 0 Å². The summed E-state index contributed by atoms with van der Waals surface area (Å²) < 4.78 is 0. The quantitative estimate of drug-likeness (QED) is 0.639. The van der Waals surface area contributed by atoms with Crippen LogP contribution < -0.4 is 5.32 Å². The summed E-state index contributed by atoms with van der Waals surface area (Å²) in [7, 11) is 0. The summed E-state index contributed by atoms with van der Waals surface area (Å²) >= 11 is 5.71. The highest BCUT2D eigenvalue weighted by Crippen LogP contribution is 2.23. The van der Waals surface area contributed by atoms with Gasteiger partial charge in [-0.1, -0.05) is 11.6 Å². The second-order valence-corrected chi connectivity index (χ2v) is 5.23. The van der Waals surface area contributed by atoms with Crippen LogP contribution in [0.2, 0.25) is 5.02 Å². The van der Waals surface area contributed by atoms with E-state index in [1.807, 2.05) is 0 Å². The van der Waals surface area contributed by atoms with Crippen LogP contribution in [0, 0.1) is 15.5 Å². The monoisotopic (exact) mass is 300 g/mol. The highest BCUT2D eigenvalue weighted by Gasteiger charge is 2.29. The first-order chi connectivity index (χ1) is 9.15. The van der Waals surface area contributed by atoms with Crippen molar-refractivity contribution in [2.45, 2.75) is 13.8 Å². The van der Waals surface area contributed by atoms with Crippen LogP contribution in [-0.4, -0.2) is 28.5 Å². The van der Waals surface area contributed by atoms with E-state index in [4.69, 9.17) is 16.7 Å². The minimum Gasteiger partial charge on any atom is -0.481 e. The molecule has 1 aromatic carbocycles. The zero-order valence-electron chi connectivity index (χ0n) is 10.8. The minimum atomic E-state index is -1.18. The molecule has 0 aliphatic heterocycles. The van der Waals surface area contributed by atoms with Gasteiger partial charge in [-0.2, -0.15) is 0 Å². The number of nitrogens with one attached hydrogen (secondary N) is 1. The molecule has 1 aromatic rings. The van der Waals surface area contributed by atoms with Gasteiger partial charge >= 0.3 is 5.97 Å². The Morgan fingerprint density at radius 2 is 2.05 bits per heavy atom. The van der Waals surface area contributed by atoms with Gasteiger partial charge in [0, 0.05) is 17.6 Å². The van der Waals surface area contributed by atoms with Crippen LogP contribution in [0.5, 0.6) is 0 Å². The van der Waals surface area contributed by atoms with Crippen molar-refractivity contribution in [1.82, 2.24) is 5.32 Å². The Balaban J connectivity index is 2.96. The van der Waals surface area contributed by atoms with Gasteiger partial charge in [-0.3, -0.25) is 19.7 Å². The van der Waals surface area contributed by atoms with Crippen LogP contribution in [0.25, 0.3) is 0 Å². The van der Waals surface area contributed by atoms with Gasteiger partial charge in [0.15, 0.2) is 0 Å². The molecule has 0 aliphatic rings. The van der Waals surface area contributed by atoms with Gasteiger partial charge in [-0.05, 0) is 26.0 Å². The molecule has 0 spiro atoms. The molecule has 0 heterocycles. The molecule has 108 valence electrons. The predicted octanol–water partition coefficient (Wildman–Crippen LogP) is 2.09. The lowest BCUT2D eigenvalue weighted by Gasteiger charge is -2.19. The number of benzene rings is 1. The predicted molar refractivity (Wildman–Crippen MR) is 71.9 cm³/mol. The van der Waals surface area contributed by atoms with E-state index >= 15 is 0 Å². The largest absolute Gasteiger partial charge is 0.481 e. The van der Waals surface area contributed by atoms with Gasteiger partial charge in [0.1, 0.15) is 5.56 Å². The van der Waals surface area contributed by atoms with E-state index in [0.29, 0.717) is 0 Å². The van der Waals surface area contributed by atoms with Crippen LogP contribution in [-0.2, 0) is 4.79 Å². The summed E-state index contributed by atoms with van der Waals surface area (Å²) in [5, 5.41) is 22.3. The molecule has 0 radical (unpaired) electrons. The third-order valence-electron chi connectivity index (χ3n) is 2.67. The molecule has 8 heteroatoms. The molecule has 20 heavy (non-hydrogen) atoms. The summed E-state index contributed by atoms with van der Waals surface area (Å²) in [6.45, 7) is 2.70. The Hall–Kier alpha value is -2.15. The second kappa shape index (κ2) is 5.87. The number of amides is 1. The fraction of sp³-hybridized carbons (Fsp3) is 0.333. The molecule has 1 amide bonds. The molecular formula is C12H13ClN2O5. The lowest BCUT2D eigenvalue weighted by molar-refractivity contribution is -0.385. The Kier molecular flexibility index (Phi) is 4.67. The van der Waals surface area contributed by atoms with Crippen LogP contribution in [0.15, 0.2) is 18.2 Å². The molecule has 0 aromatic heterocycles. The Labute approximate surface area is 119 Å². The number of nitro benzene ring substituents is 1. The first-order valence-corrected chi connectivity index (χ1v) is 5.98. The summed E-state index contributed by atoms with van der Waals surface area (Å²) in [5.74, 6) is -1.83. The summed E-state index contributed by atoms with van der Waals surface area (Å²) in [6, 6.07) is 3.60.